The summed E-state index contributed by atoms with van der Waals surface area (Å²) < 4.78 is 1.94. The zero-order valence-corrected chi connectivity index (χ0v) is 10.5. The summed E-state index contributed by atoms with van der Waals surface area (Å²) in [7, 11) is 2.00. The molecule has 4 heteroatoms. The largest absolute Gasteiger partial charge is 0.328 e. The zero-order chi connectivity index (χ0) is 11.7. The fourth-order valence-corrected chi connectivity index (χ4v) is 2.51. The van der Waals surface area contributed by atoms with Gasteiger partial charge in [0.25, 0.3) is 0 Å². The van der Waals surface area contributed by atoms with Gasteiger partial charge >= 0.3 is 0 Å². The number of hydrogen-bond donors (Lipinski definition) is 1. The van der Waals surface area contributed by atoms with Gasteiger partial charge in [-0.25, -0.2) is 4.98 Å². The molecular weight excluding hydrogens is 200 g/mol. The Morgan fingerprint density at radius 3 is 2.75 bits per heavy atom. The van der Waals surface area contributed by atoms with E-state index in [1.807, 2.05) is 11.7 Å². The van der Waals surface area contributed by atoms with Crippen molar-refractivity contribution >= 4 is 0 Å². The maximum Gasteiger partial charge on any atom is 0.151 e. The molecule has 4 nitrogen and oxygen atoms in total. The Hall–Kier alpha value is -0.900. The van der Waals surface area contributed by atoms with Gasteiger partial charge in [-0.3, -0.25) is 4.68 Å². The van der Waals surface area contributed by atoms with Crippen molar-refractivity contribution in [2.24, 2.45) is 18.7 Å². The smallest absolute Gasteiger partial charge is 0.151 e. The second kappa shape index (κ2) is 4.53. The highest BCUT2D eigenvalue weighted by Gasteiger charge is 2.27. The van der Waals surface area contributed by atoms with E-state index in [4.69, 9.17) is 5.73 Å². The third-order valence-electron chi connectivity index (χ3n) is 3.27. The van der Waals surface area contributed by atoms with Crippen LogP contribution in [0.2, 0.25) is 0 Å². The first-order valence-corrected chi connectivity index (χ1v) is 6.21. The van der Waals surface area contributed by atoms with Gasteiger partial charge in [-0.1, -0.05) is 13.8 Å². The molecule has 2 unspecified atom stereocenters. The fourth-order valence-electron chi connectivity index (χ4n) is 2.51. The van der Waals surface area contributed by atoms with Crippen molar-refractivity contribution in [2.45, 2.75) is 51.5 Å². The number of nitrogens with zero attached hydrogens (tertiary/aromatic N) is 3. The molecule has 1 saturated carbocycles. The minimum absolute atomic E-state index is 0.357. The summed E-state index contributed by atoms with van der Waals surface area (Å²) in [5.74, 6) is 3.24. The Kier molecular flexibility index (Phi) is 3.28. The van der Waals surface area contributed by atoms with E-state index in [0.29, 0.717) is 17.9 Å². The molecule has 2 atom stereocenters. The summed E-state index contributed by atoms with van der Waals surface area (Å²) in [6.07, 6.45) is 4.31. The Morgan fingerprint density at radius 2 is 2.19 bits per heavy atom. The summed E-state index contributed by atoms with van der Waals surface area (Å²) in [6, 6.07) is 0.357. The predicted octanol–water partition coefficient (Wildman–Crippen LogP) is 1.61. The average molecular weight is 222 g/mol. The van der Waals surface area contributed by atoms with Gasteiger partial charge in [0, 0.05) is 25.4 Å². The van der Waals surface area contributed by atoms with Gasteiger partial charge in [-0.15, -0.1) is 0 Å². The summed E-state index contributed by atoms with van der Waals surface area (Å²) >= 11 is 0. The van der Waals surface area contributed by atoms with Crippen molar-refractivity contribution < 1.29 is 0 Å². The summed E-state index contributed by atoms with van der Waals surface area (Å²) in [4.78, 5) is 4.66. The molecule has 0 amide bonds. The summed E-state index contributed by atoms with van der Waals surface area (Å²) in [5.41, 5.74) is 5.94. The molecule has 0 saturated heterocycles. The Balaban J connectivity index is 2.12. The van der Waals surface area contributed by atoms with Gasteiger partial charge in [0.1, 0.15) is 5.82 Å². The highest BCUT2D eigenvalue weighted by Crippen LogP contribution is 2.32. The normalized spacial score (nSPS) is 25.6. The molecule has 0 aromatic carbocycles. The third-order valence-corrected chi connectivity index (χ3v) is 3.27. The minimum atomic E-state index is 0.357. The van der Waals surface area contributed by atoms with Crippen LogP contribution in [0.1, 0.15) is 50.7 Å². The van der Waals surface area contributed by atoms with E-state index in [0.717, 1.165) is 37.3 Å². The van der Waals surface area contributed by atoms with Crippen molar-refractivity contribution in [2.75, 3.05) is 0 Å². The number of hydrogen-bond acceptors (Lipinski definition) is 3. The molecule has 1 aliphatic rings. The van der Waals surface area contributed by atoms with E-state index in [1.54, 1.807) is 0 Å². The zero-order valence-electron chi connectivity index (χ0n) is 10.5. The van der Waals surface area contributed by atoms with Crippen LogP contribution >= 0.6 is 0 Å². The first kappa shape index (κ1) is 11.6. The van der Waals surface area contributed by atoms with Gasteiger partial charge < -0.3 is 5.73 Å². The Morgan fingerprint density at radius 1 is 1.44 bits per heavy atom. The molecule has 1 aromatic rings. The van der Waals surface area contributed by atoms with Gasteiger partial charge in [-0.2, -0.15) is 5.10 Å². The molecule has 0 spiro atoms. The summed E-state index contributed by atoms with van der Waals surface area (Å²) in [5, 5.41) is 4.49. The second-order valence-corrected chi connectivity index (χ2v) is 5.38. The number of aryl methyl sites for hydroxylation is 1. The topological polar surface area (TPSA) is 56.7 Å². The van der Waals surface area contributed by atoms with Crippen LogP contribution in [-0.2, 0) is 13.5 Å². The standard InChI is InChI=1S/C12H22N4/c1-8(2)6-11-14-12(16(3)15-11)9-4-5-10(13)7-9/h8-10H,4-7,13H2,1-3H3. The van der Waals surface area contributed by atoms with E-state index in [1.165, 1.54) is 0 Å². The monoisotopic (exact) mass is 222 g/mol. The summed E-state index contributed by atoms with van der Waals surface area (Å²) in [6.45, 7) is 4.39. The van der Waals surface area contributed by atoms with Crippen molar-refractivity contribution in [3.8, 4) is 0 Å². The van der Waals surface area contributed by atoms with Crippen LogP contribution < -0.4 is 5.73 Å². The van der Waals surface area contributed by atoms with Crippen LogP contribution in [0.25, 0.3) is 0 Å². The van der Waals surface area contributed by atoms with Crippen molar-refractivity contribution in [1.82, 2.24) is 14.8 Å². The van der Waals surface area contributed by atoms with Crippen molar-refractivity contribution in [3.05, 3.63) is 11.6 Å². The minimum Gasteiger partial charge on any atom is -0.328 e. The first-order valence-electron chi connectivity index (χ1n) is 6.21. The fraction of sp³-hybridized carbons (Fsp3) is 0.833. The molecule has 0 bridgehead atoms. The molecule has 90 valence electrons. The molecule has 2 N–H and O–H groups in total. The molecule has 1 heterocycles. The molecule has 16 heavy (non-hydrogen) atoms. The van der Waals surface area contributed by atoms with Crippen molar-refractivity contribution in [1.29, 1.82) is 0 Å². The molecule has 0 radical (unpaired) electrons. The Bertz CT molecular complexity index is 356. The number of aromatic nitrogens is 3. The lowest BCUT2D eigenvalue weighted by molar-refractivity contribution is 0.588. The lowest BCUT2D eigenvalue weighted by Gasteiger charge is -2.07. The van der Waals surface area contributed by atoms with Crippen LogP contribution in [0.15, 0.2) is 0 Å². The second-order valence-electron chi connectivity index (χ2n) is 5.38. The SMILES string of the molecule is CC(C)Cc1nc(C2CCC(N)C2)n(C)n1. The predicted molar refractivity (Wildman–Crippen MR) is 64.1 cm³/mol. The first-order chi connectivity index (χ1) is 7.56. The molecule has 1 aromatic heterocycles. The van der Waals surface area contributed by atoms with Crippen molar-refractivity contribution in [3.63, 3.8) is 0 Å². The van der Waals surface area contributed by atoms with Crippen LogP contribution in [0.3, 0.4) is 0 Å². The van der Waals surface area contributed by atoms with E-state index in [-0.39, 0.29) is 0 Å². The van der Waals surface area contributed by atoms with E-state index in [2.05, 4.69) is 23.9 Å². The van der Waals surface area contributed by atoms with Crippen LogP contribution in [-0.4, -0.2) is 20.8 Å². The number of rotatable bonds is 3. The third kappa shape index (κ3) is 2.43. The molecule has 1 aliphatic carbocycles. The molecule has 1 fully saturated rings. The Labute approximate surface area is 97.2 Å². The van der Waals surface area contributed by atoms with Crippen LogP contribution in [0.5, 0.6) is 0 Å². The maximum absolute atomic E-state index is 5.94. The highest BCUT2D eigenvalue weighted by atomic mass is 15.3. The van der Waals surface area contributed by atoms with Gasteiger partial charge in [0.05, 0.1) is 0 Å². The lowest BCUT2D eigenvalue weighted by atomic mass is 10.1. The maximum atomic E-state index is 5.94. The highest BCUT2D eigenvalue weighted by molar-refractivity contribution is 5.04. The molecular formula is C12H22N4. The quantitative estimate of drug-likeness (QED) is 0.845. The van der Waals surface area contributed by atoms with E-state index in [9.17, 15) is 0 Å². The lowest BCUT2D eigenvalue weighted by Crippen LogP contribution is -2.15. The van der Waals surface area contributed by atoms with Crippen LogP contribution in [0, 0.1) is 5.92 Å². The molecule has 0 aliphatic heterocycles. The van der Waals surface area contributed by atoms with Gasteiger partial charge in [0.2, 0.25) is 0 Å². The average Bonchev–Trinajstić information content (AvgIpc) is 2.72. The molecule has 2 rings (SSSR count). The van der Waals surface area contributed by atoms with Crippen LogP contribution in [0.4, 0.5) is 0 Å². The number of nitrogens with two attached hydrogens (primary N) is 1. The van der Waals surface area contributed by atoms with E-state index < -0.39 is 0 Å². The van der Waals surface area contributed by atoms with Gasteiger partial charge in [0.15, 0.2) is 5.82 Å². The van der Waals surface area contributed by atoms with Gasteiger partial charge in [-0.05, 0) is 25.2 Å². The van der Waals surface area contributed by atoms with E-state index >= 15 is 0 Å².